The van der Waals surface area contributed by atoms with Crippen molar-refractivity contribution in [3.63, 3.8) is 0 Å². The van der Waals surface area contributed by atoms with Crippen LogP contribution >= 0.6 is 31.9 Å². The van der Waals surface area contributed by atoms with E-state index in [1.54, 1.807) is 13.3 Å². The van der Waals surface area contributed by atoms with Crippen molar-refractivity contribution >= 4 is 44.0 Å². The standard InChI is InChI=1S/C13H12Br2N4O/c1-8-11(15)12(19(2)18-8)13(20)17-16-7-9-4-3-5-10(14)6-9/h3-7H,1-2H3,(H,17,20)/b16-7+. The van der Waals surface area contributed by atoms with E-state index in [2.05, 4.69) is 47.5 Å². The van der Waals surface area contributed by atoms with E-state index in [1.807, 2.05) is 31.2 Å². The van der Waals surface area contributed by atoms with Crippen molar-refractivity contribution in [1.82, 2.24) is 15.2 Å². The van der Waals surface area contributed by atoms with Gasteiger partial charge in [-0.1, -0.05) is 28.1 Å². The molecule has 7 heteroatoms. The second-order valence-corrected chi connectivity index (χ2v) is 5.83. The van der Waals surface area contributed by atoms with Gasteiger partial charge < -0.3 is 0 Å². The second kappa shape index (κ2) is 6.32. The van der Waals surface area contributed by atoms with E-state index in [0.717, 1.165) is 15.7 Å². The highest BCUT2D eigenvalue weighted by molar-refractivity contribution is 9.10. The summed E-state index contributed by atoms with van der Waals surface area (Å²) in [5, 5.41) is 8.10. The third-order valence-corrected chi connectivity index (χ3v) is 4.04. The lowest BCUT2D eigenvalue weighted by Crippen LogP contribution is -2.21. The summed E-state index contributed by atoms with van der Waals surface area (Å²) in [7, 11) is 1.71. The predicted molar refractivity (Wildman–Crippen MR) is 84.8 cm³/mol. The number of carbonyl (C=O) groups excluding carboxylic acids is 1. The van der Waals surface area contributed by atoms with Gasteiger partial charge in [-0.05, 0) is 40.5 Å². The summed E-state index contributed by atoms with van der Waals surface area (Å²) in [6.07, 6.45) is 1.58. The SMILES string of the molecule is Cc1nn(C)c(C(=O)N/N=C/c2cccc(Br)c2)c1Br. The number of amides is 1. The molecule has 1 N–H and O–H groups in total. The number of halogens is 2. The molecule has 1 aromatic carbocycles. The molecule has 5 nitrogen and oxygen atoms in total. The summed E-state index contributed by atoms with van der Waals surface area (Å²) in [4.78, 5) is 12.0. The molecular formula is C13H12Br2N4O. The fraction of sp³-hybridized carbons (Fsp3) is 0.154. The topological polar surface area (TPSA) is 59.3 Å². The lowest BCUT2D eigenvalue weighted by molar-refractivity contribution is 0.0945. The van der Waals surface area contributed by atoms with Gasteiger partial charge in [-0.15, -0.1) is 0 Å². The largest absolute Gasteiger partial charge is 0.290 e. The average Bonchev–Trinajstić information content (AvgIpc) is 2.63. The summed E-state index contributed by atoms with van der Waals surface area (Å²) in [5.41, 5.74) is 4.57. The Balaban J connectivity index is 2.09. The zero-order chi connectivity index (χ0) is 14.7. The predicted octanol–water partition coefficient (Wildman–Crippen LogP) is 3.02. The van der Waals surface area contributed by atoms with Crippen molar-refractivity contribution in [3.8, 4) is 0 Å². The minimum absolute atomic E-state index is 0.314. The van der Waals surface area contributed by atoms with Crippen molar-refractivity contribution in [2.45, 2.75) is 6.92 Å². The molecule has 20 heavy (non-hydrogen) atoms. The van der Waals surface area contributed by atoms with E-state index < -0.39 is 0 Å². The van der Waals surface area contributed by atoms with Crippen LogP contribution in [0.15, 0.2) is 38.3 Å². The summed E-state index contributed by atoms with van der Waals surface area (Å²) in [5.74, 6) is -0.314. The highest BCUT2D eigenvalue weighted by Crippen LogP contribution is 2.19. The Bertz CT molecular complexity index is 679. The third-order valence-electron chi connectivity index (χ3n) is 2.59. The normalized spacial score (nSPS) is 11.0. The second-order valence-electron chi connectivity index (χ2n) is 4.13. The number of hydrogen-bond acceptors (Lipinski definition) is 3. The molecule has 0 unspecified atom stereocenters. The van der Waals surface area contributed by atoms with E-state index >= 15 is 0 Å². The van der Waals surface area contributed by atoms with Crippen LogP contribution in [0.25, 0.3) is 0 Å². The fourth-order valence-electron chi connectivity index (χ4n) is 1.68. The van der Waals surface area contributed by atoms with E-state index in [0.29, 0.717) is 10.2 Å². The third kappa shape index (κ3) is 3.34. The molecule has 1 heterocycles. The quantitative estimate of drug-likeness (QED) is 0.637. The molecule has 0 saturated carbocycles. The molecule has 0 bridgehead atoms. The smallest absolute Gasteiger partial charge is 0.266 e. The molecule has 0 atom stereocenters. The summed E-state index contributed by atoms with van der Waals surface area (Å²) < 4.78 is 3.15. The van der Waals surface area contributed by atoms with Gasteiger partial charge in [0.1, 0.15) is 5.69 Å². The first-order valence-corrected chi connectivity index (χ1v) is 7.35. The molecule has 1 aromatic heterocycles. The maximum atomic E-state index is 12.0. The molecule has 0 fully saturated rings. The van der Waals surface area contributed by atoms with Crippen molar-refractivity contribution < 1.29 is 4.79 Å². The number of nitrogens with one attached hydrogen (secondary N) is 1. The Kier molecular flexibility index (Phi) is 4.72. The zero-order valence-electron chi connectivity index (χ0n) is 10.9. The molecule has 0 aliphatic heterocycles. The number of hydrazone groups is 1. The van der Waals surface area contributed by atoms with Gasteiger partial charge in [0.2, 0.25) is 0 Å². The molecular weight excluding hydrogens is 388 g/mol. The van der Waals surface area contributed by atoms with Crippen LogP contribution in [0.2, 0.25) is 0 Å². The zero-order valence-corrected chi connectivity index (χ0v) is 14.1. The van der Waals surface area contributed by atoms with Crippen LogP contribution < -0.4 is 5.43 Å². The highest BCUT2D eigenvalue weighted by Gasteiger charge is 2.17. The van der Waals surface area contributed by atoms with Crippen LogP contribution in [0.1, 0.15) is 21.7 Å². The van der Waals surface area contributed by atoms with Crippen LogP contribution in [0, 0.1) is 6.92 Å². The van der Waals surface area contributed by atoms with Gasteiger partial charge in [0.15, 0.2) is 0 Å². The number of nitrogens with zero attached hydrogens (tertiary/aromatic N) is 3. The number of rotatable bonds is 3. The maximum Gasteiger partial charge on any atom is 0.290 e. The fourth-order valence-corrected chi connectivity index (χ4v) is 2.62. The van der Waals surface area contributed by atoms with Crippen LogP contribution in [0.3, 0.4) is 0 Å². The molecule has 0 radical (unpaired) electrons. The lowest BCUT2D eigenvalue weighted by Gasteiger charge is -2.01. The van der Waals surface area contributed by atoms with Crippen LogP contribution in [0.4, 0.5) is 0 Å². The monoisotopic (exact) mass is 398 g/mol. The van der Waals surface area contributed by atoms with Crippen molar-refractivity contribution in [2.75, 3.05) is 0 Å². The van der Waals surface area contributed by atoms with Gasteiger partial charge in [0.05, 0.1) is 16.4 Å². The Morgan fingerprint density at radius 3 is 2.80 bits per heavy atom. The average molecular weight is 400 g/mol. The Morgan fingerprint density at radius 2 is 2.20 bits per heavy atom. The number of hydrogen-bond donors (Lipinski definition) is 1. The number of benzene rings is 1. The number of aryl methyl sites for hydroxylation is 2. The first-order chi connectivity index (χ1) is 9.49. The molecule has 0 saturated heterocycles. The first-order valence-electron chi connectivity index (χ1n) is 5.77. The molecule has 104 valence electrons. The molecule has 0 aliphatic carbocycles. The van der Waals surface area contributed by atoms with E-state index in [-0.39, 0.29) is 5.91 Å². The van der Waals surface area contributed by atoms with Crippen molar-refractivity contribution in [2.24, 2.45) is 12.1 Å². The van der Waals surface area contributed by atoms with Crippen LogP contribution in [0.5, 0.6) is 0 Å². The van der Waals surface area contributed by atoms with Gasteiger partial charge in [-0.2, -0.15) is 10.2 Å². The molecule has 0 aliphatic rings. The Hall–Kier alpha value is -1.47. The van der Waals surface area contributed by atoms with E-state index in [9.17, 15) is 4.79 Å². The van der Waals surface area contributed by atoms with Gasteiger partial charge in [-0.25, -0.2) is 5.43 Å². The Labute approximate surface area is 133 Å². The number of aromatic nitrogens is 2. The van der Waals surface area contributed by atoms with Gasteiger partial charge in [0.25, 0.3) is 5.91 Å². The summed E-state index contributed by atoms with van der Waals surface area (Å²) >= 11 is 6.72. The van der Waals surface area contributed by atoms with Gasteiger partial charge >= 0.3 is 0 Å². The summed E-state index contributed by atoms with van der Waals surface area (Å²) in [6, 6.07) is 7.62. The van der Waals surface area contributed by atoms with Crippen LogP contribution in [-0.4, -0.2) is 21.9 Å². The first kappa shape index (κ1) is 14.9. The van der Waals surface area contributed by atoms with Crippen molar-refractivity contribution in [3.05, 3.63) is 50.2 Å². The summed E-state index contributed by atoms with van der Waals surface area (Å²) in [6.45, 7) is 1.83. The molecule has 2 rings (SSSR count). The Morgan fingerprint density at radius 1 is 1.45 bits per heavy atom. The lowest BCUT2D eigenvalue weighted by atomic mass is 10.2. The van der Waals surface area contributed by atoms with Gasteiger partial charge in [0, 0.05) is 11.5 Å². The van der Waals surface area contributed by atoms with Crippen molar-refractivity contribution in [1.29, 1.82) is 0 Å². The highest BCUT2D eigenvalue weighted by atomic mass is 79.9. The minimum atomic E-state index is -0.314. The van der Waals surface area contributed by atoms with E-state index in [1.165, 1.54) is 4.68 Å². The molecule has 0 spiro atoms. The number of carbonyl (C=O) groups is 1. The van der Waals surface area contributed by atoms with Gasteiger partial charge in [-0.3, -0.25) is 9.48 Å². The van der Waals surface area contributed by atoms with Crippen LogP contribution in [-0.2, 0) is 7.05 Å². The molecule has 1 amide bonds. The molecule has 2 aromatic rings. The minimum Gasteiger partial charge on any atom is -0.266 e. The maximum absolute atomic E-state index is 12.0. The van der Waals surface area contributed by atoms with E-state index in [4.69, 9.17) is 0 Å².